The maximum Gasteiger partial charge on any atom is 0.160 e. The normalized spacial score (nSPS) is 11.2. The van der Waals surface area contributed by atoms with Gasteiger partial charge in [-0.15, -0.1) is 0 Å². The average Bonchev–Trinajstić information content (AvgIpc) is 3.29. The third-order valence-corrected chi connectivity index (χ3v) is 10.5. The summed E-state index contributed by atoms with van der Waals surface area (Å²) in [4.78, 5) is 15.4. The molecule has 8 aromatic carbocycles. The first-order chi connectivity index (χ1) is 27.7. The van der Waals surface area contributed by atoms with Crippen molar-refractivity contribution in [2.75, 3.05) is 0 Å². The van der Waals surface area contributed by atoms with Gasteiger partial charge < -0.3 is 0 Å². The van der Waals surface area contributed by atoms with Gasteiger partial charge in [-0.25, -0.2) is 15.0 Å². The molecule has 3 heteroatoms. The van der Waals surface area contributed by atoms with Crippen molar-refractivity contribution in [3.05, 3.63) is 212 Å². The Kier molecular flexibility index (Phi) is 8.51. The molecule has 0 fully saturated rings. The largest absolute Gasteiger partial charge is 0.248 e. The Hall–Kier alpha value is -7.49. The molecule has 0 amide bonds. The van der Waals surface area contributed by atoms with Crippen LogP contribution in [0.5, 0.6) is 0 Å². The van der Waals surface area contributed by atoms with Gasteiger partial charge >= 0.3 is 0 Å². The van der Waals surface area contributed by atoms with Crippen LogP contribution in [0.25, 0.3) is 100 Å². The monoisotopic (exact) mass is 713 g/mol. The molecule has 0 bridgehead atoms. The Morgan fingerprint density at radius 2 is 0.696 bits per heavy atom. The third-order valence-electron chi connectivity index (χ3n) is 10.5. The predicted octanol–water partition coefficient (Wildman–Crippen LogP) is 13.8. The molecule has 56 heavy (non-hydrogen) atoms. The fourth-order valence-electron chi connectivity index (χ4n) is 7.69. The van der Waals surface area contributed by atoms with Crippen molar-refractivity contribution in [1.29, 1.82) is 0 Å². The molecule has 0 saturated heterocycles. The van der Waals surface area contributed by atoms with E-state index in [1.807, 2.05) is 30.3 Å². The van der Waals surface area contributed by atoms with E-state index in [9.17, 15) is 0 Å². The second kappa shape index (κ2) is 14.4. The lowest BCUT2D eigenvalue weighted by Gasteiger charge is -2.15. The van der Waals surface area contributed by atoms with E-state index in [-0.39, 0.29) is 0 Å². The molecule has 2 aromatic heterocycles. The van der Waals surface area contributed by atoms with Gasteiger partial charge in [0.2, 0.25) is 0 Å². The number of hydrogen-bond acceptors (Lipinski definition) is 3. The van der Waals surface area contributed by atoms with Crippen molar-refractivity contribution in [1.82, 2.24) is 15.0 Å². The molecule has 0 radical (unpaired) electrons. The van der Waals surface area contributed by atoms with Gasteiger partial charge in [0.1, 0.15) is 0 Å². The molecular weight excluding hydrogens is 679 g/mol. The SMILES string of the molecule is c1ccc(-c2ccc(-c3cc(-c4ccc(-c5cccc6c5ccc5nc(-c7ccccc7)cc(-c7ccccc7)c56)cc4)nc(-c4ccccc4)n3)cc2)cc1. The maximum atomic E-state index is 5.19. The van der Waals surface area contributed by atoms with Crippen LogP contribution in [0, 0.1) is 0 Å². The molecule has 0 aliphatic heterocycles. The smallest absolute Gasteiger partial charge is 0.160 e. The first-order valence-corrected chi connectivity index (χ1v) is 18.9. The lowest BCUT2D eigenvalue weighted by molar-refractivity contribution is 1.18. The molecule has 0 spiro atoms. The number of rotatable bonds is 7. The van der Waals surface area contributed by atoms with Gasteiger partial charge in [0.05, 0.1) is 22.6 Å². The predicted molar refractivity (Wildman–Crippen MR) is 233 cm³/mol. The second-order valence-corrected chi connectivity index (χ2v) is 14.0. The molecule has 2 heterocycles. The highest BCUT2D eigenvalue weighted by molar-refractivity contribution is 6.17. The van der Waals surface area contributed by atoms with Gasteiger partial charge in [-0.2, -0.15) is 0 Å². The molecule has 10 aromatic rings. The van der Waals surface area contributed by atoms with E-state index in [2.05, 4.69) is 182 Å². The summed E-state index contributed by atoms with van der Waals surface area (Å²) in [5.74, 6) is 0.702. The van der Waals surface area contributed by atoms with E-state index in [0.29, 0.717) is 5.82 Å². The molecule has 0 N–H and O–H groups in total. The fraction of sp³-hybridized carbons (Fsp3) is 0. The Morgan fingerprint density at radius 1 is 0.250 bits per heavy atom. The first-order valence-electron chi connectivity index (χ1n) is 18.9. The topological polar surface area (TPSA) is 38.7 Å². The van der Waals surface area contributed by atoms with Crippen LogP contribution in [0.2, 0.25) is 0 Å². The number of hydrogen-bond donors (Lipinski definition) is 0. The molecule has 0 aliphatic carbocycles. The standard InChI is InChI=1S/C53H35N3/c1-5-14-36(15-6-1)37-24-28-41(29-25-37)50-35-51(56-53(55-50)43-20-11-4-12-21-43)42-30-26-39(27-31-42)44-22-13-23-46-45(44)32-33-48-52(46)47(38-16-7-2-8-17-38)34-49(54-48)40-18-9-3-10-19-40/h1-35H. The minimum atomic E-state index is 0.702. The molecule has 0 saturated carbocycles. The lowest BCUT2D eigenvalue weighted by atomic mass is 9.91. The van der Waals surface area contributed by atoms with Crippen molar-refractivity contribution in [2.45, 2.75) is 0 Å². The van der Waals surface area contributed by atoms with E-state index >= 15 is 0 Å². The van der Waals surface area contributed by atoms with E-state index in [4.69, 9.17) is 15.0 Å². The van der Waals surface area contributed by atoms with Crippen LogP contribution >= 0.6 is 0 Å². The van der Waals surface area contributed by atoms with Gasteiger partial charge in [0.15, 0.2) is 5.82 Å². The summed E-state index contributed by atoms with van der Waals surface area (Å²) >= 11 is 0. The zero-order valence-corrected chi connectivity index (χ0v) is 30.5. The maximum absolute atomic E-state index is 5.19. The summed E-state index contributed by atoms with van der Waals surface area (Å²) in [6.45, 7) is 0. The van der Waals surface area contributed by atoms with Gasteiger partial charge in [-0.3, -0.25) is 0 Å². The van der Waals surface area contributed by atoms with Crippen LogP contribution in [0.1, 0.15) is 0 Å². The van der Waals surface area contributed by atoms with E-state index in [1.54, 1.807) is 0 Å². The quantitative estimate of drug-likeness (QED) is 0.154. The van der Waals surface area contributed by atoms with Crippen LogP contribution in [0.15, 0.2) is 212 Å². The molecule has 3 nitrogen and oxygen atoms in total. The number of benzene rings is 8. The zero-order chi connectivity index (χ0) is 37.3. The van der Waals surface area contributed by atoms with Crippen LogP contribution in [-0.2, 0) is 0 Å². The Balaban J connectivity index is 1.06. The molecule has 0 aliphatic rings. The first kappa shape index (κ1) is 33.1. The zero-order valence-electron chi connectivity index (χ0n) is 30.5. The van der Waals surface area contributed by atoms with Crippen molar-refractivity contribution in [2.24, 2.45) is 0 Å². The molecule has 10 rings (SSSR count). The van der Waals surface area contributed by atoms with Crippen molar-refractivity contribution < 1.29 is 0 Å². The molecule has 0 unspecified atom stereocenters. The number of fused-ring (bicyclic) bond motifs is 3. The summed E-state index contributed by atoms with van der Waals surface area (Å²) in [7, 11) is 0. The Morgan fingerprint density at radius 3 is 1.30 bits per heavy atom. The summed E-state index contributed by atoms with van der Waals surface area (Å²) in [5, 5.41) is 3.53. The number of nitrogens with zero attached hydrogens (tertiary/aromatic N) is 3. The van der Waals surface area contributed by atoms with Crippen molar-refractivity contribution in [3.63, 3.8) is 0 Å². The Bertz CT molecular complexity index is 2960. The van der Waals surface area contributed by atoms with Gasteiger partial charge in [-0.1, -0.05) is 194 Å². The van der Waals surface area contributed by atoms with Crippen molar-refractivity contribution >= 4 is 21.7 Å². The lowest BCUT2D eigenvalue weighted by Crippen LogP contribution is -1.96. The van der Waals surface area contributed by atoms with E-state index in [0.717, 1.165) is 55.8 Å². The average molecular weight is 714 g/mol. The second-order valence-electron chi connectivity index (χ2n) is 14.0. The minimum absolute atomic E-state index is 0.702. The summed E-state index contributed by atoms with van der Waals surface area (Å²) in [6.07, 6.45) is 0. The highest BCUT2D eigenvalue weighted by Gasteiger charge is 2.16. The molecule has 0 atom stereocenters. The highest BCUT2D eigenvalue weighted by atomic mass is 14.9. The van der Waals surface area contributed by atoms with Crippen LogP contribution in [-0.4, -0.2) is 15.0 Å². The summed E-state index contributed by atoms with van der Waals surface area (Å²) in [5.41, 5.74) is 14.9. The van der Waals surface area contributed by atoms with E-state index in [1.165, 1.54) is 38.6 Å². The number of aromatic nitrogens is 3. The van der Waals surface area contributed by atoms with E-state index < -0.39 is 0 Å². The fourth-order valence-corrected chi connectivity index (χ4v) is 7.69. The van der Waals surface area contributed by atoms with Crippen LogP contribution in [0.3, 0.4) is 0 Å². The minimum Gasteiger partial charge on any atom is -0.248 e. The third kappa shape index (κ3) is 6.31. The van der Waals surface area contributed by atoms with Gasteiger partial charge in [0, 0.05) is 27.6 Å². The molecule has 262 valence electrons. The summed E-state index contributed by atoms with van der Waals surface area (Å²) in [6, 6.07) is 74.5. The van der Waals surface area contributed by atoms with Gasteiger partial charge in [-0.05, 0) is 62.4 Å². The van der Waals surface area contributed by atoms with Gasteiger partial charge in [0.25, 0.3) is 0 Å². The van der Waals surface area contributed by atoms with Crippen LogP contribution in [0.4, 0.5) is 0 Å². The van der Waals surface area contributed by atoms with Crippen LogP contribution < -0.4 is 0 Å². The Labute approximate surface area is 326 Å². The van der Waals surface area contributed by atoms with Crippen molar-refractivity contribution in [3.8, 4) is 78.5 Å². The highest BCUT2D eigenvalue weighted by Crippen LogP contribution is 2.40. The molecular formula is C53H35N3. The summed E-state index contributed by atoms with van der Waals surface area (Å²) < 4.78 is 0. The number of pyridine rings is 1.